The van der Waals surface area contributed by atoms with Gasteiger partial charge in [0.15, 0.2) is 0 Å². The fourth-order valence-electron chi connectivity index (χ4n) is 2.31. The van der Waals surface area contributed by atoms with Crippen LogP contribution in [0.4, 0.5) is 0 Å². The van der Waals surface area contributed by atoms with E-state index in [4.69, 9.17) is 0 Å². The molecule has 120 valence electrons. The van der Waals surface area contributed by atoms with Crippen LogP contribution in [0, 0.1) is 0 Å². The average molecular weight is 346 g/mol. The first-order valence-electron chi connectivity index (χ1n) is 7.44. The van der Waals surface area contributed by atoms with Crippen molar-refractivity contribution in [2.24, 2.45) is 0 Å². The highest BCUT2D eigenvalue weighted by atomic mass is 32.1. The quantitative estimate of drug-likeness (QED) is 0.683. The molecule has 0 spiro atoms. The van der Waals surface area contributed by atoms with E-state index in [0.717, 1.165) is 28.5 Å². The fraction of sp³-hybridized carbons (Fsp3) is 0.312. The maximum Gasteiger partial charge on any atom is 0.272 e. The largest absolute Gasteiger partial charge is 0.334 e. The summed E-state index contributed by atoms with van der Waals surface area (Å²) in [5.74, 6) is -0.0263. The van der Waals surface area contributed by atoms with Gasteiger partial charge >= 0.3 is 0 Å². The Morgan fingerprint density at radius 2 is 2.22 bits per heavy atom. The molecule has 0 aliphatic carbocycles. The van der Waals surface area contributed by atoms with Crippen LogP contribution in [-0.4, -0.2) is 32.6 Å². The molecule has 3 heterocycles. The Morgan fingerprint density at radius 3 is 2.96 bits per heavy atom. The second kappa shape index (κ2) is 7.06. The Labute approximate surface area is 143 Å². The molecular weight excluding hydrogens is 328 g/mol. The van der Waals surface area contributed by atoms with Gasteiger partial charge in [-0.15, -0.1) is 22.7 Å². The number of hydrogen-bond acceptors (Lipinski definition) is 5. The summed E-state index contributed by atoms with van der Waals surface area (Å²) in [4.78, 5) is 20.1. The SMILES string of the molecule is CCCn1nccc1C(=O)N(C)Cc1csc(-c2cccs2)n1. The molecule has 0 radical (unpaired) electrons. The molecule has 7 heteroatoms. The number of carbonyl (C=O) groups is 1. The van der Waals surface area contributed by atoms with E-state index in [2.05, 4.69) is 23.1 Å². The summed E-state index contributed by atoms with van der Waals surface area (Å²) < 4.78 is 1.76. The third-order valence-electron chi connectivity index (χ3n) is 3.40. The molecule has 3 aromatic rings. The molecule has 1 amide bonds. The Bertz CT molecular complexity index is 776. The van der Waals surface area contributed by atoms with Gasteiger partial charge in [0.05, 0.1) is 17.1 Å². The maximum atomic E-state index is 12.6. The van der Waals surface area contributed by atoms with Crippen LogP contribution in [0.5, 0.6) is 0 Å². The van der Waals surface area contributed by atoms with Crippen molar-refractivity contribution < 1.29 is 4.79 Å². The lowest BCUT2D eigenvalue weighted by Gasteiger charge is -2.16. The molecule has 5 nitrogen and oxygen atoms in total. The van der Waals surface area contributed by atoms with Crippen LogP contribution in [0.15, 0.2) is 35.2 Å². The van der Waals surface area contributed by atoms with Crippen LogP contribution in [0.25, 0.3) is 9.88 Å². The van der Waals surface area contributed by atoms with Crippen molar-refractivity contribution in [2.45, 2.75) is 26.4 Å². The van der Waals surface area contributed by atoms with E-state index in [1.165, 1.54) is 0 Å². The number of amides is 1. The molecule has 0 bridgehead atoms. The molecule has 23 heavy (non-hydrogen) atoms. The monoisotopic (exact) mass is 346 g/mol. The van der Waals surface area contributed by atoms with Gasteiger partial charge in [-0.05, 0) is 23.9 Å². The zero-order valence-electron chi connectivity index (χ0n) is 13.1. The van der Waals surface area contributed by atoms with E-state index >= 15 is 0 Å². The molecule has 0 saturated heterocycles. The molecule has 0 unspecified atom stereocenters. The van der Waals surface area contributed by atoms with Crippen molar-refractivity contribution >= 4 is 28.6 Å². The normalized spacial score (nSPS) is 10.9. The number of carbonyl (C=O) groups excluding carboxylic acids is 1. The van der Waals surface area contributed by atoms with Gasteiger partial charge in [-0.2, -0.15) is 5.10 Å². The Morgan fingerprint density at radius 1 is 1.35 bits per heavy atom. The zero-order valence-corrected chi connectivity index (χ0v) is 14.7. The molecule has 0 aromatic carbocycles. The first-order valence-corrected chi connectivity index (χ1v) is 9.20. The maximum absolute atomic E-state index is 12.6. The minimum absolute atomic E-state index is 0.0263. The molecule has 0 aliphatic heterocycles. The summed E-state index contributed by atoms with van der Waals surface area (Å²) in [6.07, 6.45) is 2.62. The summed E-state index contributed by atoms with van der Waals surface area (Å²) in [5.41, 5.74) is 1.54. The smallest absolute Gasteiger partial charge is 0.272 e. The van der Waals surface area contributed by atoms with Gasteiger partial charge in [0.2, 0.25) is 0 Å². The average Bonchev–Trinajstić information content (AvgIpc) is 3.28. The molecule has 0 saturated carbocycles. The number of aryl methyl sites for hydroxylation is 1. The summed E-state index contributed by atoms with van der Waals surface area (Å²) in [6, 6.07) is 5.85. The van der Waals surface area contributed by atoms with Gasteiger partial charge in [0.25, 0.3) is 5.91 Å². The molecule has 0 N–H and O–H groups in total. The van der Waals surface area contributed by atoms with Gasteiger partial charge in [-0.25, -0.2) is 4.98 Å². The molecule has 0 atom stereocenters. The highest BCUT2D eigenvalue weighted by Gasteiger charge is 2.17. The van der Waals surface area contributed by atoms with Crippen molar-refractivity contribution in [1.29, 1.82) is 0 Å². The van der Waals surface area contributed by atoms with E-state index in [0.29, 0.717) is 12.2 Å². The number of aromatic nitrogens is 3. The molecule has 3 rings (SSSR count). The van der Waals surface area contributed by atoms with Crippen molar-refractivity contribution in [3.63, 3.8) is 0 Å². The fourth-order valence-corrected chi connectivity index (χ4v) is 3.93. The third kappa shape index (κ3) is 3.51. The summed E-state index contributed by atoms with van der Waals surface area (Å²) >= 11 is 3.29. The van der Waals surface area contributed by atoms with Crippen LogP contribution in [0.2, 0.25) is 0 Å². The Kier molecular flexibility index (Phi) is 4.88. The molecule has 3 aromatic heterocycles. The van der Waals surface area contributed by atoms with Crippen molar-refractivity contribution in [2.75, 3.05) is 7.05 Å². The van der Waals surface area contributed by atoms with E-state index in [-0.39, 0.29) is 5.91 Å². The van der Waals surface area contributed by atoms with E-state index in [9.17, 15) is 4.79 Å². The van der Waals surface area contributed by atoms with Gasteiger partial charge in [-0.1, -0.05) is 13.0 Å². The first-order chi connectivity index (χ1) is 11.2. The van der Waals surface area contributed by atoms with Gasteiger partial charge in [-0.3, -0.25) is 9.48 Å². The third-order valence-corrected chi connectivity index (χ3v) is 5.33. The second-order valence-electron chi connectivity index (χ2n) is 5.22. The Balaban J connectivity index is 1.70. The van der Waals surface area contributed by atoms with Crippen molar-refractivity contribution in [1.82, 2.24) is 19.7 Å². The van der Waals surface area contributed by atoms with Crippen LogP contribution < -0.4 is 0 Å². The lowest BCUT2D eigenvalue weighted by Crippen LogP contribution is -2.28. The first kappa shape index (κ1) is 15.9. The Hall–Kier alpha value is -1.99. The molecule has 0 fully saturated rings. The van der Waals surface area contributed by atoms with E-state index in [1.807, 2.05) is 16.8 Å². The second-order valence-corrected chi connectivity index (χ2v) is 7.03. The number of thiazole rings is 1. The lowest BCUT2D eigenvalue weighted by molar-refractivity contribution is 0.0771. The van der Waals surface area contributed by atoms with Crippen LogP contribution in [0.3, 0.4) is 0 Å². The number of thiophene rings is 1. The molecule has 0 aliphatic rings. The molecular formula is C16H18N4OS2. The topological polar surface area (TPSA) is 51.0 Å². The summed E-state index contributed by atoms with van der Waals surface area (Å²) in [6.45, 7) is 3.32. The highest BCUT2D eigenvalue weighted by Crippen LogP contribution is 2.28. The van der Waals surface area contributed by atoms with Crippen LogP contribution >= 0.6 is 22.7 Å². The lowest BCUT2D eigenvalue weighted by atomic mass is 10.3. The summed E-state index contributed by atoms with van der Waals surface area (Å²) in [5, 5.41) is 9.28. The van der Waals surface area contributed by atoms with E-state index < -0.39 is 0 Å². The van der Waals surface area contributed by atoms with Crippen molar-refractivity contribution in [3.05, 3.63) is 46.5 Å². The number of rotatable bonds is 6. The van der Waals surface area contributed by atoms with Crippen molar-refractivity contribution in [3.8, 4) is 9.88 Å². The summed E-state index contributed by atoms with van der Waals surface area (Å²) in [7, 11) is 1.80. The number of hydrogen-bond donors (Lipinski definition) is 0. The van der Waals surface area contributed by atoms with Crippen LogP contribution in [-0.2, 0) is 13.1 Å². The minimum Gasteiger partial charge on any atom is -0.334 e. The zero-order chi connectivity index (χ0) is 16.2. The standard InChI is InChI=1S/C16H18N4OS2/c1-3-8-20-13(6-7-17-20)16(21)19(2)10-12-11-23-15(18-12)14-5-4-9-22-14/h4-7,9,11H,3,8,10H2,1-2H3. The highest BCUT2D eigenvalue weighted by molar-refractivity contribution is 7.20. The predicted molar refractivity (Wildman–Crippen MR) is 93.7 cm³/mol. The van der Waals surface area contributed by atoms with Gasteiger partial charge in [0, 0.05) is 25.2 Å². The van der Waals surface area contributed by atoms with Gasteiger partial charge < -0.3 is 4.90 Å². The van der Waals surface area contributed by atoms with Crippen LogP contribution in [0.1, 0.15) is 29.5 Å². The minimum atomic E-state index is -0.0263. The van der Waals surface area contributed by atoms with E-state index in [1.54, 1.807) is 51.6 Å². The predicted octanol–water partition coefficient (Wildman–Crippen LogP) is 3.75. The van der Waals surface area contributed by atoms with Gasteiger partial charge in [0.1, 0.15) is 10.7 Å². The number of nitrogens with zero attached hydrogens (tertiary/aromatic N) is 4.